The summed E-state index contributed by atoms with van der Waals surface area (Å²) >= 11 is 0. The van der Waals surface area contributed by atoms with E-state index in [-0.39, 0.29) is 0 Å². The summed E-state index contributed by atoms with van der Waals surface area (Å²) in [5.74, 6) is 1.16. The van der Waals surface area contributed by atoms with Gasteiger partial charge < -0.3 is 10.2 Å². The smallest absolute Gasteiger partial charge is 0.133 e. The minimum atomic E-state index is 0.887. The van der Waals surface area contributed by atoms with E-state index in [1.54, 1.807) is 0 Å². The topological polar surface area (TPSA) is 28.2 Å². The summed E-state index contributed by atoms with van der Waals surface area (Å²) in [7, 11) is 1.99. The SMILES string of the molecule is CCCCN(CCCC)c1ncccc1CNC. The van der Waals surface area contributed by atoms with Gasteiger partial charge in [-0.05, 0) is 26.0 Å². The van der Waals surface area contributed by atoms with Crippen LogP contribution in [0, 0.1) is 0 Å². The molecule has 1 heterocycles. The molecule has 0 radical (unpaired) electrons. The molecule has 3 heteroatoms. The normalized spacial score (nSPS) is 10.6. The average molecular weight is 249 g/mol. The van der Waals surface area contributed by atoms with Gasteiger partial charge in [0.25, 0.3) is 0 Å². The zero-order valence-electron chi connectivity index (χ0n) is 12.1. The van der Waals surface area contributed by atoms with Crippen molar-refractivity contribution in [1.29, 1.82) is 0 Å². The molecule has 0 amide bonds. The fourth-order valence-corrected chi connectivity index (χ4v) is 2.06. The third kappa shape index (κ3) is 4.65. The highest BCUT2D eigenvalue weighted by atomic mass is 15.2. The van der Waals surface area contributed by atoms with Gasteiger partial charge >= 0.3 is 0 Å². The minimum absolute atomic E-state index is 0.887. The van der Waals surface area contributed by atoms with Gasteiger partial charge in [0.05, 0.1) is 0 Å². The first-order valence-corrected chi connectivity index (χ1v) is 7.16. The summed E-state index contributed by atoms with van der Waals surface area (Å²) < 4.78 is 0. The molecule has 1 aromatic rings. The summed E-state index contributed by atoms with van der Waals surface area (Å²) in [5, 5.41) is 3.22. The van der Waals surface area contributed by atoms with Crippen LogP contribution in [-0.4, -0.2) is 25.1 Å². The van der Waals surface area contributed by atoms with Crippen molar-refractivity contribution < 1.29 is 0 Å². The molecule has 0 saturated heterocycles. The molecule has 0 bridgehead atoms. The van der Waals surface area contributed by atoms with Crippen molar-refractivity contribution in [2.45, 2.75) is 46.1 Å². The van der Waals surface area contributed by atoms with Crippen molar-refractivity contribution in [2.75, 3.05) is 25.0 Å². The number of pyridine rings is 1. The van der Waals surface area contributed by atoms with Gasteiger partial charge in [0.2, 0.25) is 0 Å². The molecule has 0 saturated carbocycles. The van der Waals surface area contributed by atoms with Crippen LogP contribution in [0.4, 0.5) is 5.82 Å². The van der Waals surface area contributed by atoms with Gasteiger partial charge in [0.15, 0.2) is 0 Å². The van der Waals surface area contributed by atoms with Crippen molar-refractivity contribution >= 4 is 5.82 Å². The number of hydrogen-bond acceptors (Lipinski definition) is 3. The average Bonchev–Trinajstić information content (AvgIpc) is 2.40. The van der Waals surface area contributed by atoms with E-state index < -0.39 is 0 Å². The molecule has 1 rings (SSSR count). The van der Waals surface area contributed by atoms with Crippen LogP contribution >= 0.6 is 0 Å². The Balaban J connectivity index is 2.81. The maximum absolute atomic E-state index is 4.59. The number of aromatic nitrogens is 1. The summed E-state index contributed by atoms with van der Waals surface area (Å²) in [4.78, 5) is 7.03. The molecule has 0 unspecified atom stereocenters. The molecular formula is C15H27N3. The fraction of sp³-hybridized carbons (Fsp3) is 0.667. The molecule has 0 atom stereocenters. The Morgan fingerprint density at radius 3 is 2.39 bits per heavy atom. The lowest BCUT2D eigenvalue weighted by Gasteiger charge is -2.25. The van der Waals surface area contributed by atoms with Crippen molar-refractivity contribution in [1.82, 2.24) is 10.3 Å². The van der Waals surface area contributed by atoms with E-state index in [0.717, 1.165) is 25.5 Å². The van der Waals surface area contributed by atoms with Gasteiger partial charge in [-0.25, -0.2) is 4.98 Å². The lowest BCUT2D eigenvalue weighted by Crippen LogP contribution is -2.28. The first kappa shape index (κ1) is 15.0. The van der Waals surface area contributed by atoms with E-state index in [1.165, 1.54) is 31.2 Å². The maximum Gasteiger partial charge on any atom is 0.133 e. The Bertz CT molecular complexity index is 317. The third-order valence-corrected chi connectivity index (χ3v) is 3.10. The minimum Gasteiger partial charge on any atom is -0.356 e. The zero-order chi connectivity index (χ0) is 13.2. The molecule has 0 aliphatic rings. The van der Waals surface area contributed by atoms with Crippen molar-refractivity contribution in [3.63, 3.8) is 0 Å². The summed E-state index contributed by atoms with van der Waals surface area (Å²) in [6.45, 7) is 7.60. The Morgan fingerprint density at radius 2 is 1.83 bits per heavy atom. The Kier molecular flexibility index (Phi) is 7.42. The molecule has 0 fully saturated rings. The van der Waals surface area contributed by atoms with Crippen molar-refractivity contribution in [3.8, 4) is 0 Å². The van der Waals surface area contributed by atoms with Gasteiger partial charge in [-0.3, -0.25) is 0 Å². The molecule has 0 aromatic carbocycles. The molecular weight excluding hydrogens is 222 g/mol. The second-order valence-electron chi connectivity index (χ2n) is 4.71. The number of nitrogens with zero attached hydrogens (tertiary/aromatic N) is 2. The lowest BCUT2D eigenvalue weighted by molar-refractivity contribution is 0.665. The van der Waals surface area contributed by atoms with Crippen LogP contribution < -0.4 is 10.2 Å². The van der Waals surface area contributed by atoms with E-state index in [4.69, 9.17) is 0 Å². The highest BCUT2D eigenvalue weighted by Crippen LogP contribution is 2.18. The Labute approximate surface area is 112 Å². The number of hydrogen-bond donors (Lipinski definition) is 1. The molecule has 0 aliphatic heterocycles. The zero-order valence-corrected chi connectivity index (χ0v) is 12.1. The number of anilines is 1. The Hall–Kier alpha value is -1.09. The second-order valence-corrected chi connectivity index (χ2v) is 4.71. The van der Waals surface area contributed by atoms with Gasteiger partial charge in [-0.1, -0.05) is 32.8 Å². The van der Waals surface area contributed by atoms with Gasteiger partial charge in [0.1, 0.15) is 5.82 Å². The molecule has 3 nitrogen and oxygen atoms in total. The van der Waals surface area contributed by atoms with E-state index in [2.05, 4.69) is 35.1 Å². The number of rotatable bonds is 9. The predicted molar refractivity (Wildman–Crippen MR) is 79.0 cm³/mol. The van der Waals surface area contributed by atoms with Crippen molar-refractivity contribution in [3.05, 3.63) is 23.9 Å². The van der Waals surface area contributed by atoms with Crippen LogP contribution in [0.3, 0.4) is 0 Å². The predicted octanol–water partition coefficient (Wildman–Crippen LogP) is 3.21. The van der Waals surface area contributed by atoms with Crippen molar-refractivity contribution in [2.24, 2.45) is 0 Å². The molecule has 1 N–H and O–H groups in total. The van der Waals surface area contributed by atoms with E-state index in [0.29, 0.717) is 0 Å². The monoisotopic (exact) mass is 249 g/mol. The lowest BCUT2D eigenvalue weighted by atomic mass is 10.2. The second kappa shape index (κ2) is 8.92. The standard InChI is InChI=1S/C15H27N3/c1-4-6-11-18(12-7-5-2)15-14(13-16-3)9-8-10-17-15/h8-10,16H,4-7,11-13H2,1-3H3. The Morgan fingerprint density at radius 1 is 1.17 bits per heavy atom. The third-order valence-electron chi connectivity index (χ3n) is 3.10. The summed E-state index contributed by atoms with van der Waals surface area (Å²) in [5.41, 5.74) is 1.30. The van der Waals surface area contributed by atoms with Crippen LogP contribution in [0.1, 0.15) is 45.1 Å². The highest BCUT2D eigenvalue weighted by molar-refractivity contribution is 5.46. The van der Waals surface area contributed by atoms with E-state index in [9.17, 15) is 0 Å². The molecule has 18 heavy (non-hydrogen) atoms. The maximum atomic E-state index is 4.59. The van der Waals surface area contributed by atoms with E-state index >= 15 is 0 Å². The van der Waals surface area contributed by atoms with Crippen LogP contribution in [0.2, 0.25) is 0 Å². The number of unbranched alkanes of at least 4 members (excludes halogenated alkanes) is 2. The fourth-order valence-electron chi connectivity index (χ4n) is 2.06. The van der Waals surface area contributed by atoms with Crippen LogP contribution in [0.5, 0.6) is 0 Å². The first-order valence-electron chi connectivity index (χ1n) is 7.16. The largest absolute Gasteiger partial charge is 0.356 e. The molecule has 0 spiro atoms. The van der Waals surface area contributed by atoms with Gasteiger partial charge in [-0.2, -0.15) is 0 Å². The van der Waals surface area contributed by atoms with E-state index in [1.807, 2.05) is 19.3 Å². The molecule has 1 aromatic heterocycles. The van der Waals surface area contributed by atoms with Crippen LogP contribution in [-0.2, 0) is 6.54 Å². The van der Waals surface area contributed by atoms with Gasteiger partial charge in [0, 0.05) is 31.4 Å². The van der Waals surface area contributed by atoms with Crippen LogP contribution in [0.25, 0.3) is 0 Å². The molecule has 0 aliphatic carbocycles. The quantitative estimate of drug-likeness (QED) is 0.728. The molecule has 102 valence electrons. The summed E-state index contributed by atoms with van der Waals surface area (Å²) in [6, 6.07) is 4.19. The highest BCUT2D eigenvalue weighted by Gasteiger charge is 2.11. The van der Waals surface area contributed by atoms with Crippen LogP contribution in [0.15, 0.2) is 18.3 Å². The first-order chi connectivity index (χ1) is 8.83. The number of nitrogens with one attached hydrogen (secondary N) is 1. The van der Waals surface area contributed by atoms with Gasteiger partial charge in [-0.15, -0.1) is 0 Å². The summed E-state index contributed by atoms with van der Waals surface area (Å²) in [6.07, 6.45) is 6.84.